The van der Waals surface area contributed by atoms with Gasteiger partial charge in [-0.3, -0.25) is 0 Å². The average molecular weight is 370 g/mol. The van der Waals surface area contributed by atoms with Crippen molar-refractivity contribution in [3.8, 4) is 0 Å². The van der Waals surface area contributed by atoms with Crippen LogP contribution in [-0.2, 0) is 0 Å². The smallest absolute Gasteiger partial charge is 0.161 e. The number of hydrogen-bond acceptors (Lipinski definition) is 0. The van der Waals surface area contributed by atoms with E-state index in [9.17, 15) is 4.39 Å². The molecule has 0 heterocycles. The maximum absolute atomic E-state index is 12.9. The van der Waals surface area contributed by atoms with E-state index in [-0.39, 0.29) is 10.0 Å². The Morgan fingerprint density at radius 1 is 1.45 bits per heavy atom. The number of rotatable bonds is 0. The molecule has 0 aliphatic rings. The number of halogens is 5. The molecule has 0 N–H and O–H groups in total. The summed E-state index contributed by atoms with van der Waals surface area (Å²) in [5.41, 5.74) is 0. The molecule has 0 aliphatic carbocycles. The summed E-state index contributed by atoms with van der Waals surface area (Å²) in [6.07, 6.45) is 0. The molecule has 11 heavy (non-hydrogen) atoms. The molecule has 0 saturated carbocycles. The SMILES string of the molecule is Fc1c(Cl)cc(I)c(Br)c1Cl. The van der Waals surface area contributed by atoms with Gasteiger partial charge in [-0.15, -0.1) is 0 Å². The van der Waals surface area contributed by atoms with Crippen molar-refractivity contribution in [3.63, 3.8) is 0 Å². The minimum absolute atomic E-state index is 0.0295. The van der Waals surface area contributed by atoms with Crippen LogP contribution in [-0.4, -0.2) is 0 Å². The highest BCUT2D eigenvalue weighted by molar-refractivity contribution is 14.1. The molecule has 0 amide bonds. The molecule has 1 aromatic rings. The van der Waals surface area contributed by atoms with E-state index in [2.05, 4.69) is 15.9 Å². The van der Waals surface area contributed by atoms with Crippen LogP contribution in [0.3, 0.4) is 0 Å². The summed E-state index contributed by atoms with van der Waals surface area (Å²) >= 11 is 16.2. The molecular weight excluding hydrogens is 369 g/mol. The van der Waals surface area contributed by atoms with Gasteiger partial charge in [0.05, 0.1) is 14.5 Å². The van der Waals surface area contributed by atoms with Crippen LogP contribution in [0.15, 0.2) is 10.5 Å². The first kappa shape index (κ1) is 10.0. The van der Waals surface area contributed by atoms with Crippen molar-refractivity contribution in [2.24, 2.45) is 0 Å². The highest BCUT2D eigenvalue weighted by Crippen LogP contribution is 2.34. The number of benzene rings is 1. The maximum Gasteiger partial charge on any atom is 0.161 e. The molecule has 0 radical (unpaired) electrons. The highest BCUT2D eigenvalue weighted by Gasteiger charge is 2.11. The third-order valence-corrected chi connectivity index (χ3v) is 4.33. The second-order valence-corrected chi connectivity index (χ2v) is 4.52. The van der Waals surface area contributed by atoms with Gasteiger partial charge in [0, 0.05) is 3.57 Å². The summed E-state index contributed by atoms with van der Waals surface area (Å²) in [4.78, 5) is 0. The van der Waals surface area contributed by atoms with E-state index in [0.29, 0.717) is 4.47 Å². The Bertz CT molecular complexity index is 277. The minimum Gasteiger partial charge on any atom is -0.204 e. The molecule has 0 saturated heterocycles. The largest absolute Gasteiger partial charge is 0.204 e. The van der Waals surface area contributed by atoms with Gasteiger partial charge in [-0.2, -0.15) is 0 Å². The Morgan fingerprint density at radius 3 is 2.55 bits per heavy atom. The summed E-state index contributed by atoms with van der Waals surface area (Å²) in [5, 5.41) is 0.0736. The standard InChI is InChI=1S/C6HBrCl2FI/c7-4-3(11)1-2(8)6(10)5(4)9/h1H. The summed E-state index contributed by atoms with van der Waals surface area (Å²) in [6, 6.07) is 1.51. The van der Waals surface area contributed by atoms with Gasteiger partial charge in [0.1, 0.15) is 0 Å². The van der Waals surface area contributed by atoms with E-state index in [1.165, 1.54) is 6.07 Å². The van der Waals surface area contributed by atoms with Crippen LogP contribution in [0.25, 0.3) is 0 Å². The second kappa shape index (κ2) is 3.77. The van der Waals surface area contributed by atoms with Gasteiger partial charge < -0.3 is 0 Å². The first-order chi connectivity index (χ1) is 5.04. The van der Waals surface area contributed by atoms with Crippen LogP contribution in [0.5, 0.6) is 0 Å². The van der Waals surface area contributed by atoms with E-state index in [0.717, 1.165) is 3.57 Å². The Morgan fingerprint density at radius 2 is 2.00 bits per heavy atom. The average Bonchev–Trinajstić information content (AvgIpc) is 1.97. The number of hydrogen-bond donors (Lipinski definition) is 0. The van der Waals surface area contributed by atoms with Gasteiger partial charge in [-0.25, -0.2) is 4.39 Å². The molecule has 5 heteroatoms. The zero-order valence-corrected chi connectivity index (χ0v) is 10.2. The molecular formula is C6HBrCl2FI. The molecule has 0 aliphatic heterocycles. The molecule has 0 atom stereocenters. The van der Waals surface area contributed by atoms with Crippen molar-refractivity contribution < 1.29 is 4.39 Å². The Hall–Kier alpha value is 0.940. The lowest BCUT2D eigenvalue weighted by Crippen LogP contribution is -1.84. The molecule has 0 unspecified atom stereocenters. The Labute approximate surface area is 95.3 Å². The van der Waals surface area contributed by atoms with E-state index in [1.54, 1.807) is 0 Å². The summed E-state index contributed by atoms with van der Waals surface area (Å²) in [5.74, 6) is -0.583. The minimum atomic E-state index is -0.583. The fourth-order valence-electron chi connectivity index (χ4n) is 0.544. The summed E-state index contributed by atoms with van der Waals surface area (Å²) in [6.45, 7) is 0. The summed E-state index contributed by atoms with van der Waals surface area (Å²) in [7, 11) is 0. The normalized spacial score (nSPS) is 10.3. The zero-order valence-electron chi connectivity index (χ0n) is 4.97. The van der Waals surface area contributed by atoms with Gasteiger partial charge >= 0.3 is 0 Å². The Balaban J connectivity index is 3.46. The van der Waals surface area contributed by atoms with Crippen molar-refractivity contribution in [2.75, 3.05) is 0 Å². The molecule has 0 spiro atoms. The van der Waals surface area contributed by atoms with Crippen LogP contribution in [0.4, 0.5) is 4.39 Å². The lowest BCUT2D eigenvalue weighted by atomic mass is 10.3. The van der Waals surface area contributed by atoms with Gasteiger partial charge in [-0.1, -0.05) is 23.2 Å². The first-order valence-corrected chi connectivity index (χ1v) is 5.15. The first-order valence-electron chi connectivity index (χ1n) is 2.52. The quantitative estimate of drug-likeness (QED) is 0.359. The van der Waals surface area contributed by atoms with E-state index >= 15 is 0 Å². The topological polar surface area (TPSA) is 0 Å². The van der Waals surface area contributed by atoms with Crippen LogP contribution >= 0.6 is 61.7 Å². The predicted octanol–water partition coefficient (Wildman–Crippen LogP) is 4.50. The molecule has 0 aromatic heterocycles. The lowest BCUT2D eigenvalue weighted by molar-refractivity contribution is 0.627. The highest BCUT2D eigenvalue weighted by atomic mass is 127. The molecule has 1 rings (SSSR count). The van der Waals surface area contributed by atoms with Crippen molar-refractivity contribution >= 4 is 61.7 Å². The van der Waals surface area contributed by atoms with Gasteiger partial charge in [0.15, 0.2) is 5.82 Å². The van der Waals surface area contributed by atoms with E-state index in [1.807, 2.05) is 22.6 Å². The van der Waals surface area contributed by atoms with Gasteiger partial charge in [-0.05, 0) is 44.6 Å². The molecule has 0 bridgehead atoms. The lowest BCUT2D eigenvalue weighted by Gasteiger charge is -2.01. The van der Waals surface area contributed by atoms with E-state index in [4.69, 9.17) is 23.2 Å². The Kier molecular flexibility index (Phi) is 3.43. The molecule has 1 aromatic carbocycles. The fourth-order valence-corrected chi connectivity index (χ4v) is 2.21. The molecule has 60 valence electrons. The zero-order chi connectivity index (χ0) is 8.59. The van der Waals surface area contributed by atoms with Crippen LogP contribution in [0.1, 0.15) is 0 Å². The van der Waals surface area contributed by atoms with Crippen molar-refractivity contribution in [1.82, 2.24) is 0 Å². The van der Waals surface area contributed by atoms with Crippen molar-refractivity contribution in [2.45, 2.75) is 0 Å². The van der Waals surface area contributed by atoms with Crippen molar-refractivity contribution in [1.29, 1.82) is 0 Å². The van der Waals surface area contributed by atoms with Crippen LogP contribution in [0.2, 0.25) is 10.0 Å². The monoisotopic (exact) mass is 368 g/mol. The molecule has 0 nitrogen and oxygen atoms in total. The van der Waals surface area contributed by atoms with Crippen LogP contribution < -0.4 is 0 Å². The van der Waals surface area contributed by atoms with Gasteiger partial charge in [0.25, 0.3) is 0 Å². The van der Waals surface area contributed by atoms with Crippen molar-refractivity contribution in [3.05, 3.63) is 30.0 Å². The summed E-state index contributed by atoms with van der Waals surface area (Å²) < 4.78 is 14.2. The van der Waals surface area contributed by atoms with Crippen LogP contribution in [0, 0.1) is 9.39 Å². The maximum atomic E-state index is 12.9. The second-order valence-electron chi connectivity index (χ2n) is 1.78. The molecule has 0 fully saturated rings. The third kappa shape index (κ3) is 1.99. The third-order valence-electron chi connectivity index (χ3n) is 1.06. The fraction of sp³-hybridized carbons (Fsp3) is 0. The predicted molar refractivity (Wildman–Crippen MR) is 56.8 cm³/mol. The van der Waals surface area contributed by atoms with E-state index < -0.39 is 5.82 Å². The van der Waals surface area contributed by atoms with Gasteiger partial charge in [0.2, 0.25) is 0 Å².